The molecule has 0 spiro atoms. The zero-order valence-electron chi connectivity index (χ0n) is 10.0. The topological polar surface area (TPSA) is 34.1 Å². The second kappa shape index (κ2) is 5.68. The van der Waals surface area contributed by atoms with E-state index < -0.39 is 0 Å². The summed E-state index contributed by atoms with van der Waals surface area (Å²) in [6.07, 6.45) is 2.06. The van der Waals surface area contributed by atoms with Crippen molar-refractivity contribution in [3.8, 4) is 5.75 Å². The van der Waals surface area contributed by atoms with Crippen LogP contribution in [0.5, 0.6) is 5.75 Å². The summed E-state index contributed by atoms with van der Waals surface area (Å²) in [6, 6.07) is 7.99. The number of benzene rings is 1. The highest BCUT2D eigenvalue weighted by molar-refractivity contribution is 7.09. The Labute approximate surface area is 105 Å². The van der Waals surface area contributed by atoms with Crippen LogP contribution in [0.1, 0.15) is 18.7 Å². The lowest BCUT2D eigenvalue weighted by Gasteiger charge is -2.14. The van der Waals surface area contributed by atoms with E-state index in [0.29, 0.717) is 0 Å². The summed E-state index contributed by atoms with van der Waals surface area (Å²) in [5.74, 6) is 0.895. The van der Waals surface area contributed by atoms with Crippen LogP contribution in [0.2, 0.25) is 0 Å². The molecule has 90 valence electrons. The molecule has 0 atom stereocenters. The van der Waals surface area contributed by atoms with Gasteiger partial charge < -0.3 is 10.1 Å². The molecule has 1 heterocycles. The Morgan fingerprint density at radius 3 is 2.88 bits per heavy atom. The van der Waals surface area contributed by atoms with Crippen LogP contribution in [-0.4, -0.2) is 11.1 Å². The number of thiazole rings is 1. The van der Waals surface area contributed by atoms with Crippen LogP contribution in [0.25, 0.3) is 0 Å². The summed E-state index contributed by atoms with van der Waals surface area (Å²) in [4.78, 5) is 5.26. The van der Waals surface area contributed by atoms with E-state index in [4.69, 9.17) is 4.74 Å². The van der Waals surface area contributed by atoms with Crippen molar-refractivity contribution in [3.63, 3.8) is 0 Å². The lowest BCUT2D eigenvalue weighted by atomic mass is 10.3. The number of ether oxygens (including phenoxy) is 1. The normalized spacial score (nSPS) is 10.5. The van der Waals surface area contributed by atoms with Gasteiger partial charge in [-0.3, -0.25) is 4.98 Å². The van der Waals surface area contributed by atoms with Crippen LogP contribution in [-0.2, 0) is 6.54 Å². The monoisotopic (exact) mass is 248 g/mol. The van der Waals surface area contributed by atoms with Gasteiger partial charge in [0.2, 0.25) is 0 Å². The number of hydrogen-bond donors (Lipinski definition) is 1. The van der Waals surface area contributed by atoms with Crippen molar-refractivity contribution in [3.05, 3.63) is 40.8 Å². The number of aromatic nitrogens is 1. The molecule has 0 fully saturated rings. The van der Waals surface area contributed by atoms with E-state index in [1.807, 2.05) is 49.8 Å². The second-order valence-electron chi connectivity index (χ2n) is 3.98. The zero-order valence-corrected chi connectivity index (χ0v) is 10.8. The Balaban J connectivity index is 2.04. The van der Waals surface area contributed by atoms with Gasteiger partial charge in [0.15, 0.2) is 0 Å². The van der Waals surface area contributed by atoms with E-state index in [9.17, 15) is 0 Å². The highest BCUT2D eigenvalue weighted by Crippen LogP contribution is 2.25. The molecule has 0 unspecified atom stereocenters. The van der Waals surface area contributed by atoms with Gasteiger partial charge in [-0.2, -0.15) is 0 Å². The molecule has 0 amide bonds. The number of hydrogen-bond acceptors (Lipinski definition) is 4. The van der Waals surface area contributed by atoms with Crippen LogP contribution < -0.4 is 10.1 Å². The van der Waals surface area contributed by atoms with E-state index in [2.05, 4.69) is 10.3 Å². The molecule has 1 aromatic carbocycles. The molecule has 0 aliphatic carbocycles. The lowest BCUT2D eigenvalue weighted by molar-refractivity contribution is 0.243. The number of nitrogens with one attached hydrogen (secondary N) is 1. The SMILES string of the molecule is CC(C)Oc1ccccc1NCc1cncs1. The lowest BCUT2D eigenvalue weighted by Crippen LogP contribution is -2.08. The highest BCUT2D eigenvalue weighted by Gasteiger charge is 2.04. The third kappa shape index (κ3) is 3.46. The van der Waals surface area contributed by atoms with Crippen molar-refractivity contribution in [1.82, 2.24) is 4.98 Å². The third-order valence-electron chi connectivity index (χ3n) is 2.19. The van der Waals surface area contributed by atoms with E-state index in [1.165, 1.54) is 4.88 Å². The Bertz CT molecular complexity index is 454. The van der Waals surface area contributed by atoms with Crippen LogP contribution in [0.15, 0.2) is 36.0 Å². The second-order valence-corrected chi connectivity index (χ2v) is 4.95. The van der Waals surface area contributed by atoms with Crippen molar-refractivity contribution in [1.29, 1.82) is 0 Å². The van der Waals surface area contributed by atoms with Gasteiger partial charge >= 0.3 is 0 Å². The van der Waals surface area contributed by atoms with Crippen molar-refractivity contribution in [2.75, 3.05) is 5.32 Å². The number of para-hydroxylation sites is 2. The minimum Gasteiger partial charge on any atom is -0.489 e. The number of anilines is 1. The minimum atomic E-state index is 0.182. The van der Waals surface area contributed by atoms with Crippen molar-refractivity contribution >= 4 is 17.0 Å². The standard InChI is InChI=1S/C13H16N2OS/c1-10(2)16-13-6-4-3-5-12(13)15-8-11-7-14-9-17-11/h3-7,9-10,15H,8H2,1-2H3. The third-order valence-corrected chi connectivity index (χ3v) is 2.97. The molecule has 0 aliphatic rings. The van der Waals surface area contributed by atoms with Crippen molar-refractivity contribution in [2.24, 2.45) is 0 Å². The highest BCUT2D eigenvalue weighted by atomic mass is 32.1. The number of nitrogens with zero attached hydrogens (tertiary/aromatic N) is 1. The Morgan fingerprint density at radius 2 is 2.18 bits per heavy atom. The van der Waals surface area contributed by atoms with Crippen LogP contribution >= 0.6 is 11.3 Å². The molecule has 0 saturated carbocycles. The van der Waals surface area contributed by atoms with Gasteiger partial charge in [0, 0.05) is 11.1 Å². The van der Waals surface area contributed by atoms with Gasteiger partial charge in [-0.05, 0) is 26.0 Å². The van der Waals surface area contributed by atoms with Gasteiger partial charge in [-0.25, -0.2) is 0 Å². The summed E-state index contributed by atoms with van der Waals surface area (Å²) in [6.45, 7) is 4.84. The molecule has 2 rings (SSSR count). The molecule has 0 bridgehead atoms. The molecular formula is C13H16N2OS. The maximum Gasteiger partial charge on any atom is 0.142 e. The summed E-state index contributed by atoms with van der Waals surface area (Å²) in [7, 11) is 0. The molecule has 1 N–H and O–H groups in total. The Morgan fingerprint density at radius 1 is 1.35 bits per heavy atom. The number of rotatable bonds is 5. The molecule has 0 saturated heterocycles. The molecule has 0 radical (unpaired) electrons. The first-order valence-corrected chi connectivity index (χ1v) is 6.50. The molecule has 0 aliphatic heterocycles. The van der Waals surface area contributed by atoms with Crippen LogP contribution in [0.3, 0.4) is 0 Å². The Hall–Kier alpha value is -1.55. The molecule has 4 heteroatoms. The largest absolute Gasteiger partial charge is 0.489 e. The quantitative estimate of drug-likeness (QED) is 0.878. The first-order chi connectivity index (χ1) is 8.25. The fourth-order valence-electron chi connectivity index (χ4n) is 1.48. The average molecular weight is 248 g/mol. The Kier molecular flexibility index (Phi) is 3.98. The summed E-state index contributed by atoms with van der Waals surface area (Å²) >= 11 is 1.65. The van der Waals surface area contributed by atoms with E-state index in [-0.39, 0.29) is 6.10 Å². The van der Waals surface area contributed by atoms with Gasteiger partial charge in [-0.1, -0.05) is 12.1 Å². The zero-order chi connectivity index (χ0) is 12.1. The van der Waals surface area contributed by atoms with E-state index >= 15 is 0 Å². The molecule has 3 nitrogen and oxygen atoms in total. The predicted molar refractivity (Wildman–Crippen MR) is 71.6 cm³/mol. The molecule has 2 aromatic rings. The smallest absolute Gasteiger partial charge is 0.142 e. The van der Waals surface area contributed by atoms with Gasteiger partial charge in [0.1, 0.15) is 5.75 Å². The van der Waals surface area contributed by atoms with Gasteiger partial charge in [0.05, 0.1) is 23.8 Å². The first-order valence-electron chi connectivity index (χ1n) is 5.62. The molecule has 1 aromatic heterocycles. The van der Waals surface area contributed by atoms with Gasteiger partial charge in [-0.15, -0.1) is 11.3 Å². The van der Waals surface area contributed by atoms with Crippen LogP contribution in [0.4, 0.5) is 5.69 Å². The van der Waals surface area contributed by atoms with E-state index in [1.54, 1.807) is 11.3 Å². The van der Waals surface area contributed by atoms with Crippen LogP contribution in [0, 0.1) is 0 Å². The summed E-state index contributed by atoms with van der Waals surface area (Å²) < 4.78 is 5.74. The maximum absolute atomic E-state index is 5.74. The summed E-state index contributed by atoms with van der Waals surface area (Å²) in [5, 5.41) is 3.37. The first kappa shape index (κ1) is 11.9. The molecule has 17 heavy (non-hydrogen) atoms. The maximum atomic E-state index is 5.74. The minimum absolute atomic E-state index is 0.182. The summed E-state index contributed by atoms with van der Waals surface area (Å²) in [5.41, 5.74) is 2.86. The van der Waals surface area contributed by atoms with Crippen molar-refractivity contribution in [2.45, 2.75) is 26.5 Å². The fraction of sp³-hybridized carbons (Fsp3) is 0.308. The van der Waals surface area contributed by atoms with Crippen molar-refractivity contribution < 1.29 is 4.74 Å². The fourth-order valence-corrected chi connectivity index (χ4v) is 2.02. The van der Waals surface area contributed by atoms with E-state index in [0.717, 1.165) is 18.0 Å². The van der Waals surface area contributed by atoms with Gasteiger partial charge in [0.25, 0.3) is 0 Å². The predicted octanol–water partition coefficient (Wildman–Crippen LogP) is 3.54. The average Bonchev–Trinajstić information content (AvgIpc) is 2.80. The molecular weight excluding hydrogens is 232 g/mol.